The highest BCUT2D eigenvalue weighted by Crippen LogP contribution is 2.39. The zero-order chi connectivity index (χ0) is 21.2. The third kappa shape index (κ3) is 5.46. The molecule has 1 fully saturated rings. The largest absolute Gasteiger partial charge is 0.450 e. The molecule has 4 N–H and O–H groups in total. The van der Waals surface area contributed by atoms with E-state index in [1.54, 1.807) is 12.1 Å². The van der Waals surface area contributed by atoms with Crippen molar-refractivity contribution in [2.45, 2.75) is 74.9 Å². The minimum Gasteiger partial charge on any atom is -0.450 e. The van der Waals surface area contributed by atoms with E-state index in [0.717, 1.165) is 12.8 Å². The van der Waals surface area contributed by atoms with Gasteiger partial charge in [0.05, 0.1) is 29.0 Å². The van der Waals surface area contributed by atoms with Crippen molar-refractivity contribution in [3.8, 4) is 0 Å². The third-order valence-electron chi connectivity index (χ3n) is 5.13. The molecule has 1 aliphatic rings. The lowest BCUT2D eigenvalue weighted by atomic mass is 9.82. The molecule has 1 atom stereocenters. The first-order chi connectivity index (χ1) is 12.9. The molecule has 0 radical (unpaired) electrons. The molecule has 1 aromatic carbocycles. The van der Waals surface area contributed by atoms with Crippen molar-refractivity contribution >= 4 is 15.9 Å². The Balaban J connectivity index is 2.43. The summed E-state index contributed by atoms with van der Waals surface area (Å²) >= 11 is 0. The highest BCUT2D eigenvalue weighted by Gasteiger charge is 2.39. The van der Waals surface area contributed by atoms with Crippen LogP contribution in [0.25, 0.3) is 0 Å². The van der Waals surface area contributed by atoms with Crippen LogP contribution in [0, 0.1) is 0 Å². The third-order valence-corrected chi connectivity index (χ3v) is 7.06. The Kier molecular flexibility index (Phi) is 6.78. The molecule has 7 nitrogen and oxygen atoms in total. The van der Waals surface area contributed by atoms with Gasteiger partial charge in [-0.3, -0.25) is 0 Å². The first-order valence-corrected chi connectivity index (χ1v) is 11.2. The molecule has 1 amide bonds. The fourth-order valence-electron chi connectivity index (χ4n) is 3.92. The maximum atomic E-state index is 13.2. The highest BCUT2D eigenvalue weighted by molar-refractivity contribution is 7.91. The lowest BCUT2D eigenvalue weighted by Gasteiger charge is -2.30. The number of ether oxygens (including phenoxy) is 1. The fourth-order valence-corrected chi connectivity index (χ4v) is 6.10. The summed E-state index contributed by atoms with van der Waals surface area (Å²) in [6, 6.07) is 4.80. The first kappa shape index (κ1) is 22.6. The van der Waals surface area contributed by atoms with Crippen LogP contribution >= 0.6 is 0 Å². The summed E-state index contributed by atoms with van der Waals surface area (Å²) in [5, 5.41) is 21.3. The van der Waals surface area contributed by atoms with Crippen LogP contribution in [-0.2, 0) is 20.0 Å². The predicted molar refractivity (Wildman–Crippen MR) is 106 cm³/mol. The predicted octanol–water partition coefficient (Wildman–Crippen LogP) is 2.58. The van der Waals surface area contributed by atoms with Gasteiger partial charge in [0, 0.05) is 6.42 Å². The summed E-state index contributed by atoms with van der Waals surface area (Å²) in [6.07, 6.45) is 0.739. The van der Waals surface area contributed by atoms with Gasteiger partial charge in [-0.05, 0) is 35.4 Å². The van der Waals surface area contributed by atoms with E-state index in [4.69, 9.17) is 5.73 Å². The van der Waals surface area contributed by atoms with E-state index in [1.807, 2.05) is 20.8 Å². The number of carbonyl (C=O) groups excluding carboxylic acids is 1. The smallest absolute Gasteiger partial charge is 0.404 e. The topological polar surface area (TPSA) is 127 Å². The molecule has 0 bridgehead atoms. The number of carbonyl (C=O) groups is 1. The fraction of sp³-hybridized carbons (Fsp3) is 0.650. The summed E-state index contributed by atoms with van der Waals surface area (Å²) in [7, 11) is -3.77. The van der Waals surface area contributed by atoms with Gasteiger partial charge >= 0.3 is 6.09 Å². The maximum absolute atomic E-state index is 13.2. The lowest BCUT2D eigenvalue weighted by Crippen LogP contribution is -2.35. The number of nitrogens with two attached hydrogens (primary N) is 1. The van der Waals surface area contributed by atoms with Crippen LogP contribution in [-0.4, -0.2) is 42.7 Å². The molecule has 28 heavy (non-hydrogen) atoms. The second kappa shape index (κ2) is 8.39. The summed E-state index contributed by atoms with van der Waals surface area (Å²) in [4.78, 5) is 10.9. The average molecular weight is 414 g/mol. The second-order valence-electron chi connectivity index (χ2n) is 8.63. The van der Waals surface area contributed by atoms with Crippen LogP contribution in [0.3, 0.4) is 0 Å². The minimum atomic E-state index is -3.77. The van der Waals surface area contributed by atoms with Gasteiger partial charge in [0.1, 0.15) is 0 Å². The molecular formula is C20H31NO6S. The highest BCUT2D eigenvalue weighted by atomic mass is 32.2. The van der Waals surface area contributed by atoms with Crippen LogP contribution in [0.2, 0.25) is 0 Å². The zero-order valence-corrected chi connectivity index (χ0v) is 17.6. The Morgan fingerprint density at radius 3 is 2.43 bits per heavy atom. The van der Waals surface area contributed by atoms with Crippen molar-refractivity contribution < 1.29 is 28.2 Å². The molecule has 0 saturated heterocycles. The number of aliphatic hydroxyl groups excluding tert-OH is 1. The van der Waals surface area contributed by atoms with Gasteiger partial charge in [-0.1, -0.05) is 45.7 Å². The number of sulfone groups is 1. The molecule has 0 aromatic heterocycles. The van der Waals surface area contributed by atoms with Crippen molar-refractivity contribution in [2.24, 2.45) is 5.73 Å². The van der Waals surface area contributed by atoms with Gasteiger partial charge in [0.2, 0.25) is 0 Å². The van der Waals surface area contributed by atoms with Crippen molar-refractivity contribution in [1.29, 1.82) is 0 Å². The summed E-state index contributed by atoms with van der Waals surface area (Å²) in [5.41, 5.74) is 4.17. The quantitative estimate of drug-likeness (QED) is 0.630. The number of amides is 1. The average Bonchev–Trinajstić information content (AvgIpc) is 2.98. The van der Waals surface area contributed by atoms with E-state index in [1.165, 1.54) is 6.07 Å². The maximum Gasteiger partial charge on any atom is 0.404 e. The Morgan fingerprint density at radius 2 is 1.89 bits per heavy atom. The number of aliphatic hydroxyl groups is 2. The minimum absolute atomic E-state index is 0.0726. The molecule has 158 valence electrons. The van der Waals surface area contributed by atoms with Gasteiger partial charge in [-0.2, -0.15) is 0 Å². The van der Waals surface area contributed by atoms with Crippen molar-refractivity contribution in [3.63, 3.8) is 0 Å². The zero-order valence-electron chi connectivity index (χ0n) is 16.8. The molecule has 8 heteroatoms. The lowest BCUT2D eigenvalue weighted by molar-refractivity contribution is 0.0713. The molecule has 1 unspecified atom stereocenters. The van der Waals surface area contributed by atoms with Gasteiger partial charge < -0.3 is 20.7 Å². The number of primary amides is 1. The van der Waals surface area contributed by atoms with Crippen LogP contribution < -0.4 is 5.73 Å². The van der Waals surface area contributed by atoms with Gasteiger partial charge in [0.25, 0.3) is 0 Å². The van der Waals surface area contributed by atoms with Crippen LogP contribution in [0.15, 0.2) is 23.1 Å². The molecule has 0 aliphatic heterocycles. The van der Waals surface area contributed by atoms with E-state index in [-0.39, 0.29) is 23.7 Å². The van der Waals surface area contributed by atoms with Gasteiger partial charge in [0.15, 0.2) is 9.84 Å². The Bertz CT molecular complexity index is 806. The summed E-state index contributed by atoms with van der Waals surface area (Å²) in [5.74, 6) is -0.326. The van der Waals surface area contributed by atoms with E-state index in [9.17, 15) is 23.4 Å². The molecule has 1 aliphatic carbocycles. The normalized spacial score (nSPS) is 18.0. The summed E-state index contributed by atoms with van der Waals surface area (Å²) in [6.45, 7) is 5.56. The van der Waals surface area contributed by atoms with Crippen LogP contribution in [0.1, 0.15) is 70.1 Å². The first-order valence-electron chi connectivity index (χ1n) is 9.55. The van der Waals surface area contributed by atoms with Gasteiger partial charge in [-0.15, -0.1) is 0 Å². The number of hydrogen-bond acceptors (Lipinski definition) is 6. The van der Waals surface area contributed by atoms with E-state index in [2.05, 4.69) is 4.74 Å². The van der Waals surface area contributed by atoms with Gasteiger partial charge in [-0.25, -0.2) is 13.2 Å². The van der Waals surface area contributed by atoms with Crippen LogP contribution in [0.4, 0.5) is 4.79 Å². The summed E-state index contributed by atoms with van der Waals surface area (Å²) < 4.78 is 31.1. The molecule has 1 aromatic rings. The Labute approximate surface area is 166 Å². The van der Waals surface area contributed by atoms with E-state index in [0.29, 0.717) is 24.0 Å². The van der Waals surface area contributed by atoms with Crippen molar-refractivity contribution in [1.82, 2.24) is 0 Å². The molecule has 0 spiro atoms. The molecular weight excluding hydrogens is 382 g/mol. The van der Waals surface area contributed by atoms with Crippen LogP contribution in [0.5, 0.6) is 0 Å². The number of benzene rings is 1. The van der Waals surface area contributed by atoms with E-state index >= 15 is 0 Å². The number of hydrogen-bond donors (Lipinski definition) is 3. The second-order valence-corrected chi connectivity index (χ2v) is 10.6. The Hall–Kier alpha value is -1.64. The molecule has 2 rings (SSSR count). The standard InChI is InChI=1S/C20H31NO6S/c1-19(2,3)17-14(15(22)9-12-27-18(21)23)7-6-8-16(17)28(25,26)13-20(24)10-4-5-11-20/h6-8,15,22,24H,4-5,9-13H2,1-3H3,(H2,21,23). The molecule has 0 heterocycles. The van der Waals surface area contributed by atoms with E-state index < -0.39 is 33.1 Å². The monoisotopic (exact) mass is 413 g/mol. The SMILES string of the molecule is CC(C)(C)c1c(C(O)CCOC(N)=O)cccc1S(=O)(=O)CC1(O)CCCC1. The van der Waals surface area contributed by atoms with Crippen molar-refractivity contribution in [3.05, 3.63) is 29.3 Å². The number of rotatable bonds is 7. The molecule has 1 saturated carbocycles. The Morgan fingerprint density at radius 1 is 1.29 bits per heavy atom. The van der Waals surface area contributed by atoms with Crippen molar-refractivity contribution in [2.75, 3.05) is 12.4 Å².